The Morgan fingerprint density at radius 2 is 2.06 bits per heavy atom. The molecule has 0 aliphatic carbocycles. The van der Waals surface area contributed by atoms with Gasteiger partial charge in [-0.05, 0) is 32.8 Å². The van der Waals surface area contributed by atoms with Gasteiger partial charge in [0.05, 0.1) is 5.69 Å². The lowest BCUT2D eigenvalue weighted by Crippen LogP contribution is -2.38. The zero-order chi connectivity index (χ0) is 13.2. The molecule has 0 aliphatic heterocycles. The third-order valence-corrected chi connectivity index (χ3v) is 2.94. The van der Waals surface area contributed by atoms with Crippen LogP contribution in [0.1, 0.15) is 41.9 Å². The Morgan fingerprint density at radius 1 is 1.47 bits per heavy atom. The zero-order valence-corrected chi connectivity index (χ0v) is 11.0. The van der Waals surface area contributed by atoms with Crippen molar-refractivity contribution >= 4 is 5.91 Å². The fourth-order valence-corrected chi connectivity index (χ4v) is 1.51. The van der Waals surface area contributed by atoms with Crippen molar-refractivity contribution < 1.29 is 4.79 Å². The van der Waals surface area contributed by atoms with Gasteiger partial charge in [0.25, 0.3) is 11.5 Å². The molecular formula is C12H19N3O2. The van der Waals surface area contributed by atoms with Crippen molar-refractivity contribution in [3.8, 4) is 0 Å². The van der Waals surface area contributed by atoms with Crippen LogP contribution in [0, 0.1) is 13.8 Å². The highest BCUT2D eigenvalue weighted by Crippen LogP contribution is 2.06. The van der Waals surface area contributed by atoms with Gasteiger partial charge in [0, 0.05) is 13.1 Å². The lowest BCUT2D eigenvalue weighted by atomic mass is 10.1. The molecule has 0 aliphatic rings. The van der Waals surface area contributed by atoms with Crippen LogP contribution in [0.25, 0.3) is 0 Å². The van der Waals surface area contributed by atoms with E-state index in [0.717, 1.165) is 6.42 Å². The Labute approximate surface area is 101 Å². The lowest BCUT2D eigenvalue weighted by Gasteiger charge is -2.13. The Kier molecular flexibility index (Phi) is 4.04. The first-order valence-corrected chi connectivity index (χ1v) is 5.73. The van der Waals surface area contributed by atoms with Crippen LogP contribution in [0.15, 0.2) is 4.79 Å². The van der Waals surface area contributed by atoms with Gasteiger partial charge in [0.2, 0.25) is 0 Å². The molecule has 0 spiro atoms. The summed E-state index contributed by atoms with van der Waals surface area (Å²) < 4.78 is 1.20. The number of rotatable bonds is 3. The van der Waals surface area contributed by atoms with E-state index in [1.165, 1.54) is 4.68 Å². The summed E-state index contributed by atoms with van der Waals surface area (Å²) in [6.07, 6.45) is 0.829. The minimum atomic E-state index is -0.353. The lowest BCUT2D eigenvalue weighted by molar-refractivity contribution is 0.0936. The third kappa shape index (κ3) is 2.72. The maximum Gasteiger partial charge on any atom is 0.279 e. The van der Waals surface area contributed by atoms with Crippen LogP contribution in [0.4, 0.5) is 0 Å². The van der Waals surface area contributed by atoms with E-state index in [1.54, 1.807) is 20.9 Å². The van der Waals surface area contributed by atoms with E-state index in [4.69, 9.17) is 0 Å². The summed E-state index contributed by atoms with van der Waals surface area (Å²) in [5, 5.41) is 6.84. The van der Waals surface area contributed by atoms with E-state index in [2.05, 4.69) is 10.4 Å². The summed E-state index contributed by atoms with van der Waals surface area (Å²) in [5.74, 6) is -0.317. The van der Waals surface area contributed by atoms with Gasteiger partial charge in [-0.2, -0.15) is 5.10 Å². The van der Waals surface area contributed by atoms with E-state index in [9.17, 15) is 9.59 Å². The average molecular weight is 237 g/mol. The van der Waals surface area contributed by atoms with Gasteiger partial charge in [-0.25, -0.2) is 4.68 Å². The Hall–Kier alpha value is -1.65. The second-order valence-electron chi connectivity index (χ2n) is 4.30. The van der Waals surface area contributed by atoms with Gasteiger partial charge in [-0.15, -0.1) is 0 Å². The van der Waals surface area contributed by atoms with Gasteiger partial charge < -0.3 is 5.32 Å². The summed E-state index contributed by atoms with van der Waals surface area (Å²) in [4.78, 5) is 23.9. The molecule has 0 bridgehead atoms. The van der Waals surface area contributed by atoms with Crippen molar-refractivity contribution in [2.45, 2.75) is 40.2 Å². The molecule has 1 rings (SSSR count). The molecular weight excluding hydrogens is 218 g/mol. The minimum absolute atomic E-state index is 0.0556. The third-order valence-electron chi connectivity index (χ3n) is 2.94. The number of carbonyl (C=O) groups excluding carboxylic acids is 1. The van der Waals surface area contributed by atoms with E-state index >= 15 is 0 Å². The number of aromatic nitrogens is 2. The summed E-state index contributed by atoms with van der Waals surface area (Å²) in [6, 6.07) is 0.0556. The van der Waals surface area contributed by atoms with Crippen LogP contribution >= 0.6 is 0 Å². The first kappa shape index (κ1) is 13.4. The van der Waals surface area contributed by atoms with Crippen LogP contribution < -0.4 is 10.9 Å². The monoisotopic (exact) mass is 237 g/mol. The Morgan fingerprint density at radius 3 is 2.59 bits per heavy atom. The number of nitrogens with zero attached hydrogens (tertiary/aromatic N) is 2. The van der Waals surface area contributed by atoms with Gasteiger partial charge in [0.15, 0.2) is 0 Å². The Balaban J connectivity index is 3.22. The van der Waals surface area contributed by atoms with Crippen molar-refractivity contribution in [1.29, 1.82) is 0 Å². The van der Waals surface area contributed by atoms with Crippen molar-refractivity contribution in [3.05, 3.63) is 27.2 Å². The van der Waals surface area contributed by atoms with Crippen molar-refractivity contribution in [2.24, 2.45) is 7.05 Å². The molecule has 5 heteroatoms. The van der Waals surface area contributed by atoms with E-state index < -0.39 is 0 Å². The summed E-state index contributed by atoms with van der Waals surface area (Å²) in [6.45, 7) is 7.42. The number of hydrogen-bond donors (Lipinski definition) is 1. The van der Waals surface area contributed by atoms with Gasteiger partial charge in [-0.3, -0.25) is 9.59 Å². The predicted octanol–water partition coefficient (Wildman–Crippen LogP) is 0.925. The molecule has 1 heterocycles. The molecule has 0 aromatic carbocycles. The smallest absolute Gasteiger partial charge is 0.279 e. The van der Waals surface area contributed by atoms with Crippen LogP contribution in [0.5, 0.6) is 0 Å². The van der Waals surface area contributed by atoms with Crippen molar-refractivity contribution in [1.82, 2.24) is 15.1 Å². The highest BCUT2D eigenvalue weighted by molar-refractivity contribution is 5.95. The molecule has 1 aromatic rings. The molecule has 1 unspecified atom stereocenters. The second kappa shape index (κ2) is 5.12. The SMILES string of the molecule is CCC(C)NC(=O)c1c(C)c(C)nn(C)c1=O. The number of amides is 1. The standard InChI is InChI=1S/C12H19N3O2/c1-6-7(2)13-11(16)10-8(3)9(4)14-15(5)12(10)17/h7H,6H2,1-5H3,(H,13,16). The molecule has 17 heavy (non-hydrogen) atoms. The zero-order valence-electron chi connectivity index (χ0n) is 11.0. The first-order chi connectivity index (χ1) is 7.88. The van der Waals surface area contributed by atoms with Gasteiger partial charge >= 0.3 is 0 Å². The maximum absolute atomic E-state index is 12.0. The van der Waals surface area contributed by atoms with Gasteiger partial charge in [0.1, 0.15) is 5.56 Å². The molecule has 0 radical (unpaired) electrons. The number of aryl methyl sites for hydroxylation is 2. The molecule has 0 saturated carbocycles. The topological polar surface area (TPSA) is 64.0 Å². The highest BCUT2D eigenvalue weighted by Gasteiger charge is 2.18. The van der Waals surface area contributed by atoms with Crippen LogP contribution in [-0.2, 0) is 7.05 Å². The molecule has 0 fully saturated rings. The highest BCUT2D eigenvalue weighted by atomic mass is 16.2. The van der Waals surface area contributed by atoms with Gasteiger partial charge in [-0.1, -0.05) is 6.92 Å². The Bertz CT molecular complexity index is 491. The number of hydrogen-bond acceptors (Lipinski definition) is 3. The van der Waals surface area contributed by atoms with Crippen molar-refractivity contribution in [2.75, 3.05) is 0 Å². The summed E-state index contributed by atoms with van der Waals surface area (Å²) in [5.41, 5.74) is 1.18. The largest absolute Gasteiger partial charge is 0.349 e. The molecule has 1 amide bonds. The van der Waals surface area contributed by atoms with Crippen LogP contribution in [0.2, 0.25) is 0 Å². The minimum Gasteiger partial charge on any atom is -0.349 e. The predicted molar refractivity (Wildman–Crippen MR) is 66.2 cm³/mol. The fraction of sp³-hybridized carbons (Fsp3) is 0.583. The van der Waals surface area contributed by atoms with Crippen molar-refractivity contribution in [3.63, 3.8) is 0 Å². The average Bonchev–Trinajstić information content (AvgIpc) is 2.26. The fourth-order valence-electron chi connectivity index (χ4n) is 1.51. The summed E-state index contributed by atoms with van der Waals surface area (Å²) in [7, 11) is 1.55. The quantitative estimate of drug-likeness (QED) is 0.850. The molecule has 0 saturated heterocycles. The normalized spacial score (nSPS) is 12.3. The van der Waals surface area contributed by atoms with Crippen LogP contribution in [-0.4, -0.2) is 21.7 Å². The molecule has 5 nitrogen and oxygen atoms in total. The molecule has 1 atom stereocenters. The first-order valence-electron chi connectivity index (χ1n) is 5.73. The number of carbonyl (C=O) groups is 1. The van der Waals surface area contributed by atoms with E-state index in [1.807, 2.05) is 13.8 Å². The number of nitrogens with one attached hydrogen (secondary N) is 1. The van der Waals surface area contributed by atoms with E-state index in [0.29, 0.717) is 11.3 Å². The molecule has 94 valence electrons. The molecule has 1 aromatic heterocycles. The molecule has 1 N–H and O–H groups in total. The summed E-state index contributed by atoms with van der Waals surface area (Å²) >= 11 is 0. The van der Waals surface area contributed by atoms with Crippen LogP contribution in [0.3, 0.4) is 0 Å². The maximum atomic E-state index is 12.0. The van der Waals surface area contributed by atoms with E-state index in [-0.39, 0.29) is 23.1 Å². The second-order valence-corrected chi connectivity index (χ2v) is 4.30.